The third-order valence-corrected chi connectivity index (χ3v) is 5.73. The average molecular weight is 452 g/mol. The number of aromatic amines is 1. The lowest BCUT2D eigenvalue weighted by Crippen LogP contribution is -2.51. The number of nitrogens with one attached hydrogen (secondary N) is 1. The van der Waals surface area contributed by atoms with Crippen LogP contribution in [0.4, 0.5) is 0 Å². The van der Waals surface area contributed by atoms with Crippen molar-refractivity contribution in [3.63, 3.8) is 0 Å². The fourth-order valence-electron chi connectivity index (χ4n) is 3.71. The molecule has 1 N–H and O–H groups in total. The second-order valence-electron chi connectivity index (χ2n) is 7.43. The van der Waals surface area contributed by atoms with Gasteiger partial charge in [0.25, 0.3) is 5.91 Å². The normalized spacial score (nSPS) is 13.8. The molecule has 2 heterocycles. The van der Waals surface area contributed by atoms with Crippen molar-refractivity contribution in [1.29, 1.82) is 0 Å². The predicted octanol–water partition coefficient (Wildman–Crippen LogP) is 2.99. The van der Waals surface area contributed by atoms with E-state index in [1.807, 2.05) is 61.5 Å². The van der Waals surface area contributed by atoms with Gasteiger partial charge in [0.2, 0.25) is 5.91 Å². The van der Waals surface area contributed by atoms with Crippen LogP contribution in [0.1, 0.15) is 17.3 Å². The Morgan fingerprint density at radius 2 is 1.66 bits per heavy atom. The van der Waals surface area contributed by atoms with Crippen LogP contribution in [0, 0.1) is 4.77 Å². The molecule has 9 heteroatoms. The van der Waals surface area contributed by atoms with Crippen LogP contribution < -0.4 is 4.74 Å². The number of carbonyl (C=O) groups excluding carboxylic acids is 2. The fraction of sp³-hybridized carbons (Fsp3) is 0.304. The number of hydrogen-bond acceptors (Lipinski definition) is 5. The molecule has 0 aliphatic carbocycles. The van der Waals surface area contributed by atoms with Gasteiger partial charge < -0.3 is 14.5 Å². The van der Waals surface area contributed by atoms with E-state index in [2.05, 4.69) is 10.2 Å². The summed E-state index contributed by atoms with van der Waals surface area (Å²) in [5.74, 6) is 1.31. The molecule has 0 radical (unpaired) electrons. The fourth-order valence-corrected chi connectivity index (χ4v) is 3.91. The lowest BCUT2D eigenvalue weighted by Gasteiger charge is -2.35. The van der Waals surface area contributed by atoms with Crippen molar-refractivity contribution in [2.75, 3.05) is 32.8 Å². The molecule has 2 aromatic carbocycles. The third-order valence-electron chi connectivity index (χ3n) is 5.42. The van der Waals surface area contributed by atoms with E-state index < -0.39 is 0 Å². The summed E-state index contributed by atoms with van der Waals surface area (Å²) in [4.78, 5) is 29.2. The van der Waals surface area contributed by atoms with E-state index in [1.54, 1.807) is 14.4 Å². The van der Waals surface area contributed by atoms with Gasteiger partial charge in [-0.15, -0.1) is 0 Å². The highest BCUT2D eigenvalue weighted by molar-refractivity contribution is 7.71. The minimum absolute atomic E-state index is 0.00691. The molecule has 3 aromatic rings. The smallest absolute Gasteiger partial charge is 0.253 e. The number of amides is 2. The third kappa shape index (κ3) is 4.72. The highest BCUT2D eigenvalue weighted by atomic mass is 32.1. The van der Waals surface area contributed by atoms with Crippen LogP contribution in [0.2, 0.25) is 0 Å². The zero-order valence-corrected chi connectivity index (χ0v) is 18.7. The first-order valence-corrected chi connectivity index (χ1v) is 11.0. The Labute approximate surface area is 191 Å². The van der Waals surface area contributed by atoms with Crippen molar-refractivity contribution in [3.8, 4) is 17.1 Å². The van der Waals surface area contributed by atoms with Crippen molar-refractivity contribution in [1.82, 2.24) is 24.6 Å². The van der Waals surface area contributed by atoms with Gasteiger partial charge in [0.05, 0.1) is 6.61 Å². The van der Waals surface area contributed by atoms with Gasteiger partial charge in [0.15, 0.2) is 10.6 Å². The standard InChI is InChI=1S/C23H25N5O3S/c1-2-31-19-10-8-17(9-11-19)21-24-25-23(32)28(21)16-20(29)26-12-14-27(15-13-26)22(30)18-6-4-3-5-7-18/h3-11H,2,12-16H2,1H3,(H,25,32). The Morgan fingerprint density at radius 1 is 1.00 bits per heavy atom. The SMILES string of the molecule is CCOc1ccc(-c2n[nH]c(=S)n2CC(=O)N2CCN(C(=O)c3ccccc3)CC2)cc1. The first kappa shape index (κ1) is 21.8. The van der Waals surface area contributed by atoms with Gasteiger partial charge in [-0.3, -0.25) is 19.3 Å². The van der Waals surface area contributed by atoms with Crippen molar-refractivity contribution >= 4 is 24.0 Å². The summed E-state index contributed by atoms with van der Waals surface area (Å²) in [5, 5.41) is 7.09. The van der Waals surface area contributed by atoms with Crippen LogP contribution in [0.5, 0.6) is 5.75 Å². The van der Waals surface area contributed by atoms with Gasteiger partial charge in [0, 0.05) is 37.3 Å². The number of hydrogen-bond donors (Lipinski definition) is 1. The quantitative estimate of drug-likeness (QED) is 0.583. The summed E-state index contributed by atoms with van der Waals surface area (Å²) in [7, 11) is 0. The van der Waals surface area contributed by atoms with Gasteiger partial charge in [-0.1, -0.05) is 18.2 Å². The minimum Gasteiger partial charge on any atom is -0.494 e. The van der Waals surface area contributed by atoms with Crippen molar-refractivity contribution in [3.05, 3.63) is 64.9 Å². The highest BCUT2D eigenvalue weighted by Crippen LogP contribution is 2.21. The number of rotatable bonds is 6. The van der Waals surface area contributed by atoms with Gasteiger partial charge in [-0.05, 0) is 55.5 Å². The maximum Gasteiger partial charge on any atom is 0.253 e. The first-order chi connectivity index (χ1) is 15.6. The number of aromatic nitrogens is 3. The van der Waals surface area contributed by atoms with Crippen molar-refractivity contribution in [2.24, 2.45) is 0 Å². The van der Waals surface area contributed by atoms with Crippen LogP contribution >= 0.6 is 12.2 Å². The lowest BCUT2D eigenvalue weighted by molar-refractivity contribution is -0.133. The molecule has 1 aliphatic heterocycles. The topological polar surface area (TPSA) is 83.5 Å². The summed E-state index contributed by atoms with van der Waals surface area (Å²) in [6, 6.07) is 16.7. The van der Waals surface area contributed by atoms with E-state index in [1.165, 1.54) is 0 Å². The second-order valence-corrected chi connectivity index (χ2v) is 7.82. The van der Waals surface area contributed by atoms with Crippen LogP contribution in [0.3, 0.4) is 0 Å². The molecule has 1 fully saturated rings. The van der Waals surface area contributed by atoms with Gasteiger partial charge in [0.1, 0.15) is 12.3 Å². The molecule has 1 saturated heterocycles. The number of H-pyrrole nitrogens is 1. The lowest BCUT2D eigenvalue weighted by atomic mass is 10.2. The largest absolute Gasteiger partial charge is 0.494 e. The van der Waals surface area contributed by atoms with E-state index in [4.69, 9.17) is 17.0 Å². The Balaban J connectivity index is 1.40. The molecule has 0 saturated carbocycles. The van der Waals surface area contributed by atoms with Gasteiger partial charge in [-0.25, -0.2) is 0 Å². The molecule has 4 rings (SSSR count). The number of benzene rings is 2. The summed E-state index contributed by atoms with van der Waals surface area (Å²) in [6.07, 6.45) is 0. The molecule has 8 nitrogen and oxygen atoms in total. The molecule has 166 valence electrons. The summed E-state index contributed by atoms with van der Waals surface area (Å²) < 4.78 is 7.58. The van der Waals surface area contributed by atoms with E-state index in [-0.39, 0.29) is 18.4 Å². The summed E-state index contributed by atoms with van der Waals surface area (Å²) in [6.45, 7) is 4.59. The predicted molar refractivity (Wildman–Crippen MR) is 123 cm³/mol. The Bertz CT molecular complexity index is 1130. The molecular weight excluding hydrogens is 426 g/mol. The number of piperazine rings is 1. The van der Waals surface area contributed by atoms with E-state index in [0.717, 1.165) is 11.3 Å². The molecule has 1 aromatic heterocycles. The summed E-state index contributed by atoms with van der Waals surface area (Å²) >= 11 is 5.36. The zero-order valence-electron chi connectivity index (χ0n) is 17.9. The van der Waals surface area contributed by atoms with Crippen LogP contribution in [0.25, 0.3) is 11.4 Å². The number of nitrogens with zero attached hydrogens (tertiary/aromatic N) is 4. The van der Waals surface area contributed by atoms with Crippen LogP contribution in [-0.4, -0.2) is 69.2 Å². The number of carbonyl (C=O) groups is 2. The summed E-state index contributed by atoms with van der Waals surface area (Å²) in [5.41, 5.74) is 1.50. The Morgan fingerprint density at radius 3 is 2.31 bits per heavy atom. The van der Waals surface area contributed by atoms with Crippen LogP contribution in [0.15, 0.2) is 54.6 Å². The van der Waals surface area contributed by atoms with Gasteiger partial charge in [-0.2, -0.15) is 5.10 Å². The molecule has 0 spiro atoms. The van der Waals surface area contributed by atoms with E-state index >= 15 is 0 Å². The molecule has 0 atom stereocenters. The van der Waals surface area contributed by atoms with E-state index in [9.17, 15) is 9.59 Å². The maximum atomic E-state index is 13.0. The molecule has 32 heavy (non-hydrogen) atoms. The zero-order chi connectivity index (χ0) is 22.5. The Kier molecular flexibility index (Phi) is 6.65. The number of ether oxygens (including phenoxy) is 1. The molecule has 2 amide bonds. The maximum absolute atomic E-state index is 13.0. The molecule has 0 unspecified atom stereocenters. The average Bonchev–Trinajstić information content (AvgIpc) is 3.20. The monoisotopic (exact) mass is 451 g/mol. The Hall–Kier alpha value is -3.46. The molecular formula is C23H25N5O3S. The molecule has 0 bridgehead atoms. The van der Waals surface area contributed by atoms with Crippen LogP contribution in [-0.2, 0) is 11.3 Å². The van der Waals surface area contributed by atoms with Gasteiger partial charge >= 0.3 is 0 Å². The van der Waals surface area contributed by atoms with E-state index in [0.29, 0.717) is 48.9 Å². The first-order valence-electron chi connectivity index (χ1n) is 10.6. The molecule has 1 aliphatic rings. The second kappa shape index (κ2) is 9.78. The van der Waals surface area contributed by atoms with Crippen molar-refractivity contribution in [2.45, 2.75) is 13.5 Å². The van der Waals surface area contributed by atoms with Crippen molar-refractivity contribution < 1.29 is 14.3 Å². The minimum atomic E-state index is -0.0542. The highest BCUT2D eigenvalue weighted by Gasteiger charge is 2.25.